The molecule has 1 aromatic heterocycles. The summed E-state index contributed by atoms with van der Waals surface area (Å²) in [5.74, 6) is -0.317. The summed E-state index contributed by atoms with van der Waals surface area (Å²) in [6, 6.07) is 3.22. The van der Waals surface area contributed by atoms with E-state index in [-0.39, 0.29) is 24.4 Å². The van der Waals surface area contributed by atoms with E-state index < -0.39 is 16.1 Å². The molecule has 0 aromatic carbocycles. The fourth-order valence-electron chi connectivity index (χ4n) is 4.27. The second kappa shape index (κ2) is 9.03. The summed E-state index contributed by atoms with van der Waals surface area (Å²) in [6.07, 6.45) is 5.36. The van der Waals surface area contributed by atoms with Gasteiger partial charge in [-0.1, -0.05) is 25.8 Å². The van der Waals surface area contributed by atoms with E-state index in [1.54, 1.807) is 17.5 Å². The smallest absolute Gasteiger partial charge is 0.252 e. The molecule has 2 fully saturated rings. The van der Waals surface area contributed by atoms with Crippen LogP contribution in [0.5, 0.6) is 0 Å². The summed E-state index contributed by atoms with van der Waals surface area (Å²) in [7, 11) is -3.53. The third-order valence-corrected chi connectivity index (χ3v) is 8.90. The lowest BCUT2D eigenvalue weighted by atomic mass is 9.89. The van der Waals surface area contributed by atoms with Crippen LogP contribution in [0.4, 0.5) is 0 Å². The maximum atomic E-state index is 13.3. The first-order valence-electron chi connectivity index (χ1n) is 9.97. The molecule has 1 saturated carbocycles. The molecule has 1 aliphatic heterocycles. The van der Waals surface area contributed by atoms with Crippen LogP contribution in [0.3, 0.4) is 0 Å². The molecule has 3 rings (SSSR count). The molecule has 152 valence electrons. The van der Waals surface area contributed by atoms with Gasteiger partial charge in [0.05, 0.1) is 18.1 Å². The maximum absolute atomic E-state index is 13.3. The standard InChI is InChI=1S/C19H30N2O4S2/c1-2-11-21(16-8-3-4-9-17(16)22)19(23)15-7-5-12-20(14-15)27(24,25)18-10-6-13-26-18/h6,10,13,15-17,22H,2-5,7-9,11-12,14H2,1H3/t15-,16+,17+/m1/s1. The minimum atomic E-state index is -3.53. The number of aliphatic hydroxyl groups excluding tert-OH is 1. The zero-order valence-corrected chi connectivity index (χ0v) is 17.6. The highest BCUT2D eigenvalue weighted by atomic mass is 32.2. The monoisotopic (exact) mass is 414 g/mol. The average molecular weight is 415 g/mol. The minimum Gasteiger partial charge on any atom is -0.391 e. The van der Waals surface area contributed by atoms with Gasteiger partial charge in [-0.25, -0.2) is 8.42 Å². The zero-order valence-electron chi connectivity index (χ0n) is 15.9. The summed E-state index contributed by atoms with van der Waals surface area (Å²) in [6.45, 7) is 3.35. The number of hydrogen-bond acceptors (Lipinski definition) is 5. The van der Waals surface area contributed by atoms with E-state index in [4.69, 9.17) is 0 Å². The average Bonchev–Trinajstić information content (AvgIpc) is 3.22. The number of carbonyl (C=O) groups excluding carboxylic acids is 1. The molecule has 1 N–H and O–H groups in total. The van der Waals surface area contributed by atoms with Gasteiger partial charge in [0, 0.05) is 19.6 Å². The van der Waals surface area contributed by atoms with Crippen molar-refractivity contribution in [3.8, 4) is 0 Å². The number of nitrogens with zero attached hydrogens (tertiary/aromatic N) is 2. The van der Waals surface area contributed by atoms with Crippen molar-refractivity contribution in [2.75, 3.05) is 19.6 Å². The minimum absolute atomic E-state index is 0.00822. The fourth-order valence-corrected chi connectivity index (χ4v) is 6.94. The molecule has 2 aliphatic rings. The van der Waals surface area contributed by atoms with Gasteiger partial charge in [0.15, 0.2) is 0 Å². The van der Waals surface area contributed by atoms with E-state index >= 15 is 0 Å². The Morgan fingerprint density at radius 3 is 2.74 bits per heavy atom. The lowest BCUT2D eigenvalue weighted by Crippen LogP contribution is -2.53. The zero-order chi connectivity index (χ0) is 19.4. The molecule has 1 amide bonds. The van der Waals surface area contributed by atoms with E-state index in [9.17, 15) is 18.3 Å². The van der Waals surface area contributed by atoms with Gasteiger partial charge in [-0.05, 0) is 43.6 Å². The molecule has 0 radical (unpaired) electrons. The molecule has 2 heterocycles. The maximum Gasteiger partial charge on any atom is 0.252 e. The Labute approximate surface area is 166 Å². The molecule has 0 bridgehead atoms. The molecule has 0 unspecified atom stereocenters. The number of sulfonamides is 1. The van der Waals surface area contributed by atoms with Gasteiger partial charge < -0.3 is 10.0 Å². The first-order chi connectivity index (χ1) is 12.9. The Hall–Kier alpha value is -0.960. The van der Waals surface area contributed by atoms with E-state index in [1.165, 1.54) is 15.6 Å². The molecule has 1 aliphatic carbocycles. The van der Waals surface area contributed by atoms with Crippen molar-refractivity contribution in [3.63, 3.8) is 0 Å². The number of thiophene rings is 1. The largest absolute Gasteiger partial charge is 0.391 e. The van der Waals surface area contributed by atoms with Crippen LogP contribution in [-0.2, 0) is 14.8 Å². The van der Waals surface area contributed by atoms with Crippen molar-refractivity contribution in [1.29, 1.82) is 0 Å². The second-order valence-corrected chi connectivity index (χ2v) is 10.7. The highest BCUT2D eigenvalue weighted by Crippen LogP contribution is 2.30. The van der Waals surface area contributed by atoms with Gasteiger partial charge in [0.25, 0.3) is 10.0 Å². The summed E-state index contributed by atoms with van der Waals surface area (Å²) in [5, 5.41) is 12.2. The first kappa shape index (κ1) is 20.8. The van der Waals surface area contributed by atoms with Crippen LogP contribution in [0.2, 0.25) is 0 Å². The predicted molar refractivity (Wildman–Crippen MR) is 106 cm³/mol. The van der Waals surface area contributed by atoms with Crippen LogP contribution in [0, 0.1) is 5.92 Å². The molecule has 3 atom stereocenters. The van der Waals surface area contributed by atoms with Crippen molar-refractivity contribution in [1.82, 2.24) is 9.21 Å². The van der Waals surface area contributed by atoms with Crippen molar-refractivity contribution in [2.24, 2.45) is 5.92 Å². The third kappa shape index (κ3) is 4.55. The Kier molecular flexibility index (Phi) is 6.94. The van der Waals surface area contributed by atoms with Gasteiger partial charge >= 0.3 is 0 Å². The Bertz CT molecular complexity index is 720. The SMILES string of the molecule is CCCN(C(=O)[C@@H]1CCCN(S(=O)(=O)c2cccs2)C1)[C@H]1CCCC[C@@H]1O. The highest BCUT2D eigenvalue weighted by molar-refractivity contribution is 7.91. The summed E-state index contributed by atoms with van der Waals surface area (Å²) in [5.41, 5.74) is 0. The second-order valence-electron chi connectivity index (χ2n) is 7.59. The van der Waals surface area contributed by atoms with Crippen molar-refractivity contribution in [3.05, 3.63) is 17.5 Å². The predicted octanol–water partition coefficient (Wildman–Crippen LogP) is 2.69. The lowest BCUT2D eigenvalue weighted by molar-refractivity contribution is -0.143. The van der Waals surface area contributed by atoms with Crippen LogP contribution in [0.15, 0.2) is 21.7 Å². The third-order valence-electron chi connectivity index (χ3n) is 5.66. The normalized spacial score (nSPS) is 27.4. The van der Waals surface area contributed by atoms with Gasteiger partial charge in [0.1, 0.15) is 4.21 Å². The number of carbonyl (C=O) groups is 1. The number of aliphatic hydroxyl groups is 1. The van der Waals surface area contributed by atoms with E-state index in [0.29, 0.717) is 30.1 Å². The Morgan fingerprint density at radius 2 is 2.07 bits per heavy atom. The molecular formula is C19H30N2O4S2. The van der Waals surface area contributed by atoms with Gasteiger partial charge in [-0.3, -0.25) is 4.79 Å². The molecule has 27 heavy (non-hydrogen) atoms. The van der Waals surface area contributed by atoms with Gasteiger partial charge in [-0.2, -0.15) is 4.31 Å². The Morgan fingerprint density at radius 1 is 1.30 bits per heavy atom. The summed E-state index contributed by atoms with van der Waals surface area (Å²) >= 11 is 1.21. The fraction of sp³-hybridized carbons (Fsp3) is 0.737. The van der Waals surface area contributed by atoms with Crippen molar-refractivity contribution >= 4 is 27.3 Å². The molecule has 1 aromatic rings. The van der Waals surface area contributed by atoms with Crippen molar-refractivity contribution in [2.45, 2.75) is 68.2 Å². The highest BCUT2D eigenvalue weighted by Gasteiger charge is 2.38. The molecule has 1 saturated heterocycles. The number of piperidine rings is 1. The van der Waals surface area contributed by atoms with Crippen molar-refractivity contribution < 1.29 is 18.3 Å². The summed E-state index contributed by atoms with van der Waals surface area (Å²) < 4.78 is 27.5. The van der Waals surface area contributed by atoms with Crippen LogP contribution >= 0.6 is 11.3 Å². The van der Waals surface area contributed by atoms with E-state index in [2.05, 4.69) is 0 Å². The van der Waals surface area contributed by atoms with Crippen LogP contribution in [0.1, 0.15) is 51.9 Å². The molecule has 0 spiro atoms. The number of hydrogen-bond donors (Lipinski definition) is 1. The van der Waals surface area contributed by atoms with Crippen LogP contribution in [0.25, 0.3) is 0 Å². The quantitative estimate of drug-likeness (QED) is 0.776. The summed E-state index contributed by atoms with van der Waals surface area (Å²) in [4.78, 5) is 15.1. The number of rotatable bonds is 6. The van der Waals surface area contributed by atoms with E-state index in [1.807, 2.05) is 11.8 Å². The lowest BCUT2D eigenvalue weighted by Gasteiger charge is -2.41. The van der Waals surface area contributed by atoms with Crippen LogP contribution in [-0.4, -0.2) is 60.4 Å². The molecular weight excluding hydrogens is 384 g/mol. The first-order valence-corrected chi connectivity index (χ1v) is 12.3. The van der Waals surface area contributed by atoms with E-state index in [0.717, 1.165) is 32.1 Å². The van der Waals surface area contributed by atoms with Crippen LogP contribution < -0.4 is 0 Å². The molecule has 8 heteroatoms. The van der Waals surface area contributed by atoms with Gasteiger partial charge in [0.2, 0.25) is 5.91 Å². The number of amides is 1. The Balaban J connectivity index is 1.74. The van der Waals surface area contributed by atoms with Gasteiger partial charge in [-0.15, -0.1) is 11.3 Å². The molecule has 6 nitrogen and oxygen atoms in total. The topological polar surface area (TPSA) is 77.9 Å².